The second-order valence-electron chi connectivity index (χ2n) is 7.86. The SMILES string of the molecule is c1ccc(C(Cc2ccc3ccccc3c2)(c2ccccc2)c2ccccc2)cc1. The quantitative estimate of drug-likeness (QED) is 0.277. The fourth-order valence-electron chi connectivity index (χ4n) is 4.63. The van der Waals surface area contributed by atoms with E-state index in [9.17, 15) is 0 Å². The molecular formula is C30H24. The van der Waals surface area contributed by atoms with Gasteiger partial charge in [-0.15, -0.1) is 0 Å². The first-order chi connectivity index (χ1) is 14.9. The second-order valence-corrected chi connectivity index (χ2v) is 7.86. The average molecular weight is 385 g/mol. The summed E-state index contributed by atoms with van der Waals surface area (Å²) in [5.74, 6) is 0. The van der Waals surface area contributed by atoms with E-state index in [4.69, 9.17) is 0 Å². The third kappa shape index (κ3) is 3.31. The van der Waals surface area contributed by atoms with Gasteiger partial charge in [0.1, 0.15) is 0 Å². The predicted octanol–water partition coefficient (Wildman–Crippen LogP) is 7.42. The molecule has 0 aliphatic rings. The first-order valence-electron chi connectivity index (χ1n) is 10.5. The van der Waals surface area contributed by atoms with Crippen LogP contribution in [0.2, 0.25) is 0 Å². The molecule has 0 saturated heterocycles. The smallest absolute Gasteiger partial charge is 0.0491 e. The lowest BCUT2D eigenvalue weighted by Crippen LogP contribution is -2.32. The standard InChI is InChI=1S/C30H24/c1-4-14-27(15-5-1)30(28-16-6-2-7-17-28,29-18-8-3-9-19-29)23-24-20-21-25-12-10-11-13-26(25)22-24/h1-22H,23H2. The zero-order valence-electron chi connectivity index (χ0n) is 16.9. The van der Waals surface area contributed by atoms with E-state index in [0.717, 1.165) is 6.42 Å². The van der Waals surface area contributed by atoms with Gasteiger partial charge in [0.25, 0.3) is 0 Å². The number of hydrogen-bond acceptors (Lipinski definition) is 0. The number of hydrogen-bond donors (Lipinski definition) is 0. The minimum absolute atomic E-state index is 0.258. The number of rotatable bonds is 5. The van der Waals surface area contributed by atoms with Gasteiger partial charge in [0.05, 0.1) is 0 Å². The van der Waals surface area contributed by atoms with Gasteiger partial charge in [-0.1, -0.05) is 133 Å². The summed E-state index contributed by atoms with van der Waals surface area (Å²) in [6.07, 6.45) is 0.899. The Labute approximate surface area is 178 Å². The Kier molecular flexibility index (Phi) is 4.91. The molecule has 0 atom stereocenters. The van der Waals surface area contributed by atoms with Crippen molar-refractivity contribution in [3.8, 4) is 0 Å². The molecule has 0 bridgehead atoms. The Morgan fingerprint density at radius 3 is 1.33 bits per heavy atom. The van der Waals surface area contributed by atoms with Gasteiger partial charge in [0, 0.05) is 5.41 Å². The minimum atomic E-state index is -0.258. The number of fused-ring (bicyclic) bond motifs is 1. The van der Waals surface area contributed by atoms with Crippen molar-refractivity contribution in [1.29, 1.82) is 0 Å². The van der Waals surface area contributed by atoms with Crippen LogP contribution in [0.5, 0.6) is 0 Å². The zero-order valence-corrected chi connectivity index (χ0v) is 16.9. The van der Waals surface area contributed by atoms with Gasteiger partial charge in [-0.05, 0) is 39.4 Å². The van der Waals surface area contributed by atoms with Crippen LogP contribution in [-0.4, -0.2) is 0 Å². The molecule has 5 rings (SSSR count). The maximum atomic E-state index is 2.35. The normalized spacial score (nSPS) is 11.5. The van der Waals surface area contributed by atoms with Crippen LogP contribution in [0.4, 0.5) is 0 Å². The fourth-order valence-corrected chi connectivity index (χ4v) is 4.63. The van der Waals surface area contributed by atoms with Crippen LogP contribution in [-0.2, 0) is 11.8 Å². The van der Waals surface area contributed by atoms with Crippen molar-refractivity contribution in [2.75, 3.05) is 0 Å². The largest absolute Gasteiger partial charge is 0.0622 e. The van der Waals surface area contributed by atoms with Crippen molar-refractivity contribution in [2.24, 2.45) is 0 Å². The first kappa shape index (κ1) is 18.4. The Morgan fingerprint density at radius 2 is 0.833 bits per heavy atom. The average Bonchev–Trinajstić information content (AvgIpc) is 2.84. The minimum Gasteiger partial charge on any atom is -0.0622 e. The van der Waals surface area contributed by atoms with Crippen LogP contribution < -0.4 is 0 Å². The summed E-state index contributed by atoms with van der Waals surface area (Å²) in [7, 11) is 0. The fraction of sp³-hybridized carbons (Fsp3) is 0.0667. The zero-order chi connectivity index (χ0) is 20.2. The molecule has 144 valence electrons. The van der Waals surface area contributed by atoms with Crippen molar-refractivity contribution in [2.45, 2.75) is 11.8 Å². The van der Waals surface area contributed by atoms with Crippen molar-refractivity contribution < 1.29 is 0 Å². The van der Waals surface area contributed by atoms with Gasteiger partial charge in [-0.2, -0.15) is 0 Å². The summed E-state index contributed by atoms with van der Waals surface area (Å²) in [6.45, 7) is 0. The van der Waals surface area contributed by atoms with Crippen LogP contribution >= 0.6 is 0 Å². The third-order valence-electron chi connectivity index (χ3n) is 6.08. The molecule has 5 aromatic carbocycles. The number of benzene rings is 5. The molecule has 0 unspecified atom stereocenters. The van der Waals surface area contributed by atoms with Gasteiger partial charge in [0.15, 0.2) is 0 Å². The molecule has 0 spiro atoms. The lowest BCUT2D eigenvalue weighted by atomic mass is 9.66. The molecule has 0 aliphatic heterocycles. The highest BCUT2D eigenvalue weighted by atomic mass is 14.4. The molecular weight excluding hydrogens is 360 g/mol. The van der Waals surface area contributed by atoms with Crippen LogP contribution in [0.15, 0.2) is 133 Å². The van der Waals surface area contributed by atoms with Gasteiger partial charge in [-0.25, -0.2) is 0 Å². The van der Waals surface area contributed by atoms with Crippen molar-refractivity contribution in [1.82, 2.24) is 0 Å². The summed E-state index contributed by atoms with van der Waals surface area (Å²) in [5.41, 5.74) is 5.03. The van der Waals surface area contributed by atoms with Gasteiger partial charge < -0.3 is 0 Å². The highest BCUT2D eigenvalue weighted by Crippen LogP contribution is 2.42. The molecule has 5 aromatic rings. The van der Waals surface area contributed by atoms with Crippen LogP contribution in [0.25, 0.3) is 10.8 Å². The summed E-state index contributed by atoms with van der Waals surface area (Å²) in [5, 5.41) is 2.57. The molecule has 30 heavy (non-hydrogen) atoms. The third-order valence-corrected chi connectivity index (χ3v) is 6.08. The maximum absolute atomic E-state index is 2.35. The van der Waals surface area contributed by atoms with E-state index < -0.39 is 0 Å². The van der Waals surface area contributed by atoms with Crippen molar-refractivity contribution in [3.63, 3.8) is 0 Å². The molecule has 0 fully saturated rings. The highest BCUT2D eigenvalue weighted by molar-refractivity contribution is 5.83. The Bertz CT molecular complexity index is 1140. The molecule has 0 amide bonds. The van der Waals surface area contributed by atoms with E-state index in [1.807, 2.05) is 0 Å². The van der Waals surface area contributed by atoms with E-state index >= 15 is 0 Å². The van der Waals surface area contributed by atoms with Crippen LogP contribution in [0, 0.1) is 0 Å². The second kappa shape index (κ2) is 8.00. The van der Waals surface area contributed by atoms with E-state index in [1.54, 1.807) is 0 Å². The van der Waals surface area contributed by atoms with E-state index in [1.165, 1.54) is 33.0 Å². The highest BCUT2D eigenvalue weighted by Gasteiger charge is 2.36. The summed E-state index contributed by atoms with van der Waals surface area (Å²) >= 11 is 0. The van der Waals surface area contributed by atoms with Crippen molar-refractivity contribution in [3.05, 3.63) is 156 Å². The summed E-state index contributed by atoms with van der Waals surface area (Å²) in [6, 6.07) is 48.3. The Morgan fingerprint density at radius 1 is 0.400 bits per heavy atom. The first-order valence-corrected chi connectivity index (χ1v) is 10.5. The molecule has 0 heterocycles. The lowest BCUT2D eigenvalue weighted by Gasteiger charge is -2.36. The monoisotopic (exact) mass is 384 g/mol. The summed E-state index contributed by atoms with van der Waals surface area (Å²) in [4.78, 5) is 0. The van der Waals surface area contributed by atoms with Crippen LogP contribution in [0.3, 0.4) is 0 Å². The van der Waals surface area contributed by atoms with E-state index in [-0.39, 0.29) is 5.41 Å². The molecule has 0 N–H and O–H groups in total. The topological polar surface area (TPSA) is 0 Å². The van der Waals surface area contributed by atoms with Gasteiger partial charge in [0.2, 0.25) is 0 Å². The van der Waals surface area contributed by atoms with Crippen molar-refractivity contribution >= 4 is 10.8 Å². The van der Waals surface area contributed by atoms with Gasteiger partial charge >= 0.3 is 0 Å². The lowest BCUT2D eigenvalue weighted by molar-refractivity contribution is 0.613. The molecule has 0 aliphatic carbocycles. The Hall–Kier alpha value is -3.64. The molecule has 0 saturated carbocycles. The molecule has 0 nitrogen and oxygen atoms in total. The molecule has 0 radical (unpaired) electrons. The maximum Gasteiger partial charge on any atom is 0.0491 e. The van der Waals surface area contributed by atoms with E-state index in [0.29, 0.717) is 0 Å². The van der Waals surface area contributed by atoms with E-state index in [2.05, 4.69) is 133 Å². The Balaban J connectivity index is 1.76. The molecule has 0 aromatic heterocycles. The van der Waals surface area contributed by atoms with Crippen LogP contribution in [0.1, 0.15) is 22.3 Å². The predicted molar refractivity (Wildman–Crippen MR) is 127 cm³/mol. The van der Waals surface area contributed by atoms with Gasteiger partial charge in [-0.3, -0.25) is 0 Å². The summed E-state index contributed by atoms with van der Waals surface area (Å²) < 4.78 is 0. The molecule has 0 heteroatoms.